The Labute approximate surface area is 97.2 Å². The maximum absolute atomic E-state index is 10.5. The molecule has 2 aliphatic rings. The fourth-order valence-corrected chi connectivity index (χ4v) is 3.04. The van der Waals surface area contributed by atoms with E-state index in [0.717, 1.165) is 32.1 Å². The van der Waals surface area contributed by atoms with Gasteiger partial charge in [0.2, 0.25) is 0 Å². The number of nitrogens with zero attached hydrogens (tertiary/aromatic N) is 2. The van der Waals surface area contributed by atoms with E-state index in [1.54, 1.807) is 0 Å². The summed E-state index contributed by atoms with van der Waals surface area (Å²) in [6.45, 7) is 3.22. The summed E-state index contributed by atoms with van der Waals surface area (Å²) in [7, 11) is 2.24. The van der Waals surface area contributed by atoms with E-state index in [2.05, 4.69) is 16.8 Å². The summed E-state index contributed by atoms with van der Waals surface area (Å²) in [5.41, 5.74) is 0. The molecule has 2 heterocycles. The normalized spacial score (nSPS) is 31.6. The van der Waals surface area contributed by atoms with E-state index in [1.165, 1.54) is 19.3 Å². The first-order valence-electron chi connectivity index (χ1n) is 6.33. The number of carboxylic acid groups (broad SMARTS) is 1. The summed E-state index contributed by atoms with van der Waals surface area (Å²) < 4.78 is 0. The van der Waals surface area contributed by atoms with Crippen LogP contribution in [0.3, 0.4) is 0 Å². The fourth-order valence-electron chi connectivity index (χ4n) is 3.04. The molecule has 2 aliphatic heterocycles. The van der Waals surface area contributed by atoms with Crippen molar-refractivity contribution >= 4 is 5.97 Å². The van der Waals surface area contributed by atoms with Crippen LogP contribution in [0.15, 0.2) is 0 Å². The molecule has 4 heteroatoms. The first-order chi connectivity index (χ1) is 7.66. The summed E-state index contributed by atoms with van der Waals surface area (Å²) in [5, 5.41) is 8.62. The molecule has 2 unspecified atom stereocenters. The zero-order valence-electron chi connectivity index (χ0n) is 10.1. The van der Waals surface area contributed by atoms with Crippen molar-refractivity contribution < 1.29 is 9.90 Å². The van der Waals surface area contributed by atoms with Crippen molar-refractivity contribution in [2.75, 3.05) is 26.7 Å². The van der Waals surface area contributed by atoms with E-state index in [4.69, 9.17) is 5.11 Å². The third-order valence-electron chi connectivity index (χ3n) is 4.10. The van der Waals surface area contributed by atoms with Crippen LogP contribution < -0.4 is 0 Å². The van der Waals surface area contributed by atoms with Crippen LogP contribution in [0.25, 0.3) is 0 Å². The van der Waals surface area contributed by atoms with Crippen molar-refractivity contribution in [2.45, 2.75) is 44.2 Å². The molecule has 0 aromatic carbocycles. The van der Waals surface area contributed by atoms with Crippen molar-refractivity contribution in [1.82, 2.24) is 9.80 Å². The van der Waals surface area contributed by atoms with Crippen molar-refractivity contribution in [2.24, 2.45) is 0 Å². The lowest BCUT2D eigenvalue weighted by atomic mass is 10.1. The maximum Gasteiger partial charge on any atom is 0.303 e. The summed E-state index contributed by atoms with van der Waals surface area (Å²) >= 11 is 0. The fraction of sp³-hybridized carbons (Fsp3) is 0.917. The number of likely N-dealkylation sites (tertiary alicyclic amines) is 1. The van der Waals surface area contributed by atoms with Crippen LogP contribution in [-0.2, 0) is 4.79 Å². The molecule has 2 saturated heterocycles. The van der Waals surface area contributed by atoms with E-state index < -0.39 is 5.97 Å². The lowest BCUT2D eigenvalue weighted by molar-refractivity contribution is -0.137. The number of hydrogen-bond acceptors (Lipinski definition) is 3. The second-order valence-electron chi connectivity index (χ2n) is 5.14. The first kappa shape index (κ1) is 11.9. The van der Waals surface area contributed by atoms with Crippen LogP contribution in [0.2, 0.25) is 0 Å². The van der Waals surface area contributed by atoms with Crippen molar-refractivity contribution in [1.29, 1.82) is 0 Å². The molecule has 0 spiro atoms. The molecule has 2 rings (SSSR count). The lowest BCUT2D eigenvalue weighted by Crippen LogP contribution is -2.37. The van der Waals surface area contributed by atoms with Crippen molar-refractivity contribution in [3.8, 4) is 0 Å². The SMILES string of the molecule is CN1C2CCC1CN(CCCC(=O)O)CC2. The van der Waals surface area contributed by atoms with Gasteiger partial charge in [-0.15, -0.1) is 0 Å². The lowest BCUT2D eigenvalue weighted by Gasteiger charge is -2.25. The van der Waals surface area contributed by atoms with Crippen LogP contribution in [0, 0.1) is 0 Å². The molecule has 16 heavy (non-hydrogen) atoms. The van der Waals surface area contributed by atoms with Gasteiger partial charge in [-0.3, -0.25) is 9.69 Å². The average Bonchev–Trinajstić information content (AvgIpc) is 2.45. The molecule has 0 aromatic rings. The smallest absolute Gasteiger partial charge is 0.303 e. The molecule has 4 nitrogen and oxygen atoms in total. The molecule has 2 bridgehead atoms. The van der Waals surface area contributed by atoms with Gasteiger partial charge in [-0.25, -0.2) is 0 Å². The summed E-state index contributed by atoms with van der Waals surface area (Å²) in [6.07, 6.45) is 5.01. The number of rotatable bonds is 4. The molecule has 0 aromatic heterocycles. The minimum atomic E-state index is -0.673. The second kappa shape index (κ2) is 5.15. The highest BCUT2D eigenvalue weighted by molar-refractivity contribution is 5.66. The highest BCUT2D eigenvalue weighted by atomic mass is 16.4. The third-order valence-corrected chi connectivity index (χ3v) is 4.10. The Balaban J connectivity index is 1.78. The minimum Gasteiger partial charge on any atom is -0.481 e. The van der Waals surface area contributed by atoms with Gasteiger partial charge in [0.05, 0.1) is 0 Å². The number of carbonyl (C=O) groups is 1. The molecule has 1 N–H and O–H groups in total. The Bertz CT molecular complexity index is 257. The molecular formula is C12H22N2O2. The number of hydrogen-bond donors (Lipinski definition) is 1. The second-order valence-corrected chi connectivity index (χ2v) is 5.14. The molecule has 2 atom stereocenters. The monoisotopic (exact) mass is 226 g/mol. The quantitative estimate of drug-likeness (QED) is 0.777. The number of carboxylic acids is 1. The zero-order valence-corrected chi connectivity index (χ0v) is 10.1. The first-order valence-corrected chi connectivity index (χ1v) is 6.33. The Hall–Kier alpha value is -0.610. The van der Waals surface area contributed by atoms with Gasteiger partial charge in [-0.05, 0) is 45.8 Å². The Morgan fingerprint density at radius 2 is 2.06 bits per heavy atom. The van der Waals surface area contributed by atoms with Crippen LogP contribution >= 0.6 is 0 Å². The summed E-state index contributed by atoms with van der Waals surface area (Å²) in [5.74, 6) is -0.673. The Morgan fingerprint density at radius 3 is 2.81 bits per heavy atom. The topological polar surface area (TPSA) is 43.8 Å². The van der Waals surface area contributed by atoms with Gasteiger partial charge >= 0.3 is 5.97 Å². The zero-order chi connectivity index (χ0) is 11.5. The Kier molecular flexibility index (Phi) is 3.82. The van der Waals surface area contributed by atoms with Crippen LogP contribution in [0.1, 0.15) is 32.1 Å². The van der Waals surface area contributed by atoms with Crippen molar-refractivity contribution in [3.63, 3.8) is 0 Å². The van der Waals surface area contributed by atoms with Gasteiger partial charge < -0.3 is 10.0 Å². The molecule has 0 aliphatic carbocycles. The van der Waals surface area contributed by atoms with E-state index in [-0.39, 0.29) is 0 Å². The Morgan fingerprint density at radius 1 is 1.31 bits per heavy atom. The highest BCUT2D eigenvalue weighted by Gasteiger charge is 2.34. The van der Waals surface area contributed by atoms with Gasteiger partial charge in [0, 0.05) is 25.0 Å². The summed E-state index contributed by atoms with van der Waals surface area (Å²) in [4.78, 5) is 15.4. The van der Waals surface area contributed by atoms with Crippen LogP contribution in [-0.4, -0.2) is 59.6 Å². The average molecular weight is 226 g/mol. The molecule has 92 valence electrons. The van der Waals surface area contributed by atoms with Gasteiger partial charge in [-0.1, -0.05) is 0 Å². The molecule has 0 saturated carbocycles. The highest BCUT2D eigenvalue weighted by Crippen LogP contribution is 2.28. The predicted octanol–water partition coefficient (Wildman–Crippen LogP) is 1.02. The molecular weight excluding hydrogens is 204 g/mol. The third kappa shape index (κ3) is 2.74. The van der Waals surface area contributed by atoms with E-state index >= 15 is 0 Å². The number of aliphatic carboxylic acids is 1. The van der Waals surface area contributed by atoms with Crippen LogP contribution in [0.5, 0.6) is 0 Å². The van der Waals surface area contributed by atoms with Gasteiger partial charge in [0.15, 0.2) is 0 Å². The number of fused-ring (bicyclic) bond motifs is 2. The standard InChI is InChI=1S/C12H22N2O2/c1-13-10-4-5-11(13)9-14(8-6-10)7-2-3-12(15)16/h10-11H,2-9H2,1H3,(H,15,16). The van der Waals surface area contributed by atoms with Crippen LogP contribution in [0.4, 0.5) is 0 Å². The largest absolute Gasteiger partial charge is 0.481 e. The van der Waals surface area contributed by atoms with Crippen molar-refractivity contribution in [3.05, 3.63) is 0 Å². The van der Waals surface area contributed by atoms with E-state index in [0.29, 0.717) is 12.5 Å². The predicted molar refractivity (Wildman–Crippen MR) is 62.5 cm³/mol. The summed E-state index contributed by atoms with van der Waals surface area (Å²) in [6, 6.07) is 1.48. The molecule has 0 radical (unpaired) electrons. The minimum absolute atomic E-state index is 0.306. The van der Waals surface area contributed by atoms with Gasteiger partial charge in [0.1, 0.15) is 0 Å². The maximum atomic E-state index is 10.5. The molecule has 0 amide bonds. The van der Waals surface area contributed by atoms with Gasteiger partial charge in [0.25, 0.3) is 0 Å². The van der Waals surface area contributed by atoms with E-state index in [1.807, 2.05) is 0 Å². The van der Waals surface area contributed by atoms with Gasteiger partial charge in [-0.2, -0.15) is 0 Å². The number of likely N-dealkylation sites (N-methyl/N-ethyl adjacent to an activating group) is 1. The molecule has 2 fully saturated rings. The van der Waals surface area contributed by atoms with E-state index in [9.17, 15) is 4.79 Å².